The molecule has 7 rings (SSSR count). The molecule has 11 heteroatoms. The molecule has 0 bridgehead atoms. The number of hydrogen-bond acceptors (Lipinski definition) is 9. The molecule has 2 aromatic heterocycles. The highest BCUT2D eigenvalue weighted by Gasteiger charge is 2.70. The minimum Gasteiger partial charge on any atom is -0.408 e. The summed E-state index contributed by atoms with van der Waals surface area (Å²) in [5.41, 5.74) is 2.67. The zero-order chi connectivity index (χ0) is 25.0. The standard InChI is InChI=1S/C25H26F2N8O/c1-12-32-33-23(36-12)34-9-15-19(14-8-25(14,15)11-34)29-22-30-20(28-4)18-21(31-22)35(10-24(18,2)3)13-5-6-16(26)17(27)7-13/h5-8,15,19H,9-11H2,1-4H3,(H2,28,29,30,31). The van der Waals surface area contributed by atoms with E-state index in [0.717, 1.165) is 30.5 Å². The Balaban J connectivity index is 1.20. The maximum absolute atomic E-state index is 14.1. The van der Waals surface area contributed by atoms with Crippen molar-refractivity contribution in [2.45, 2.75) is 32.2 Å². The van der Waals surface area contributed by atoms with Crippen LogP contribution in [0.25, 0.3) is 0 Å². The van der Waals surface area contributed by atoms with Gasteiger partial charge < -0.3 is 24.9 Å². The van der Waals surface area contributed by atoms with Gasteiger partial charge in [0.2, 0.25) is 11.8 Å². The van der Waals surface area contributed by atoms with Crippen LogP contribution in [0.1, 0.15) is 25.3 Å². The molecule has 4 aliphatic rings. The number of hydrogen-bond donors (Lipinski definition) is 2. The van der Waals surface area contributed by atoms with Crippen molar-refractivity contribution in [2.24, 2.45) is 11.3 Å². The van der Waals surface area contributed by atoms with Crippen LogP contribution in [0.3, 0.4) is 0 Å². The van der Waals surface area contributed by atoms with Crippen molar-refractivity contribution in [3.8, 4) is 0 Å². The van der Waals surface area contributed by atoms with E-state index in [9.17, 15) is 8.78 Å². The van der Waals surface area contributed by atoms with Gasteiger partial charge in [0.1, 0.15) is 11.6 Å². The van der Waals surface area contributed by atoms with E-state index in [1.165, 1.54) is 11.6 Å². The molecule has 2 aliphatic heterocycles. The van der Waals surface area contributed by atoms with Crippen LogP contribution < -0.4 is 20.4 Å². The molecule has 9 nitrogen and oxygen atoms in total. The van der Waals surface area contributed by atoms with Crippen molar-refractivity contribution in [3.05, 3.63) is 52.9 Å². The number of halogens is 2. The van der Waals surface area contributed by atoms with Crippen LogP contribution in [0, 0.1) is 29.9 Å². The third-order valence-corrected chi connectivity index (χ3v) is 8.03. The second-order valence-corrected chi connectivity index (χ2v) is 10.8. The fraction of sp³-hybridized carbons (Fsp3) is 0.440. The molecule has 2 aliphatic carbocycles. The first kappa shape index (κ1) is 21.5. The molecule has 2 fully saturated rings. The third-order valence-electron chi connectivity index (χ3n) is 8.03. The van der Waals surface area contributed by atoms with Crippen molar-refractivity contribution in [1.82, 2.24) is 20.2 Å². The van der Waals surface area contributed by atoms with Crippen LogP contribution in [0.5, 0.6) is 0 Å². The number of rotatable bonds is 5. The lowest BCUT2D eigenvalue weighted by Gasteiger charge is -2.39. The van der Waals surface area contributed by atoms with Crippen molar-refractivity contribution in [2.75, 3.05) is 47.1 Å². The lowest BCUT2D eigenvalue weighted by Crippen LogP contribution is -2.46. The molecule has 186 valence electrons. The van der Waals surface area contributed by atoms with Gasteiger partial charge in [0.25, 0.3) is 0 Å². The minimum atomic E-state index is -0.881. The first-order valence-electron chi connectivity index (χ1n) is 12.1. The molecule has 3 aromatic rings. The fourth-order valence-corrected chi connectivity index (χ4v) is 6.31. The van der Waals surface area contributed by atoms with Gasteiger partial charge in [-0.1, -0.05) is 25.0 Å². The summed E-state index contributed by atoms with van der Waals surface area (Å²) in [5.74, 6) is 1.08. The topological polar surface area (TPSA) is 95.2 Å². The average molecular weight is 493 g/mol. The molecule has 4 heterocycles. The monoisotopic (exact) mass is 492 g/mol. The number of aromatic nitrogens is 4. The number of nitrogens with zero attached hydrogens (tertiary/aromatic N) is 6. The van der Waals surface area contributed by atoms with E-state index in [1.54, 1.807) is 13.0 Å². The number of anilines is 5. The van der Waals surface area contributed by atoms with Gasteiger partial charge in [0.15, 0.2) is 11.6 Å². The van der Waals surface area contributed by atoms with Crippen molar-refractivity contribution < 1.29 is 13.2 Å². The van der Waals surface area contributed by atoms with Gasteiger partial charge in [-0.25, -0.2) is 8.78 Å². The van der Waals surface area contributed by atoms with Crippen molar-refractivity contribution in [3.63, 3.8) is 0 Å². The van der Waals surface area contributed by atoms with Crippen LogP contribution in [-0.4, -0.2) is 52.9 Å². The Kier molecular flexibility index (Phi) is 4.14. The maximum Gasteiger partial charge on any atom is 0.318 e. The molecule has 1 saturated heterocycles. The molecule has 2 N–H and O–H groups in total. The first-order chi connectivity index (χ1) is 17.2. The quantitative estimate of drug-likeness (QED) is 0.516. The highest BCUT2D eigenvalue weighted by atomic mass is 19.2. The molecule has 0 radical (unpaired) electrons. The van der Waals surface area contributed by atoms with Gasteiger partial charge in [0, 0.05) is 67.7 Å². The van der Waals surface area contributed by atoms with Gasteiger partial charge in [-0.2, -0.15) is 9.97 Å². The zero-order valence-corrected chi connectivity index (χ0v) is 20.4. The van der Waals surface area contributed by atoms with Gasteiger partial charge in [-0.15, -0.1) is 5.10 Å². The van der Waals surface area contributed by atoms with E-state index in [2.05, 4.69) is 45.7 Å². The van der Waals surface area contributed by atoms with Gasteiger partial charge in [-0.05, 0) is 17.7 Å². The lowest BCUT2D eigenvalue weighted by molar-refractivity contribution is 0.302. The second-order valence-electron chi connectivity index (χ2n) is 10.8. The molecule has 3 atom stereocenters. The average Bonchev–Trinajstić information content (AvgIpc) is 3.07. The zero-order valence-electron chi connectivity index (χ0n) is 20.4. The fourth-order valence-electron chi connectivity index (χ4n) is 6.31. The Hall–Kier alpha value is -3.76. The SMILES string of the molecule is CNc1nc(NC2C3=CC34CN(c3nnc(C)o3)CC24)nc2c1C(C)(C)CN2c1ccc(F)c(F)c1. The molecule has 3 unspecified atom stereocenters. The minimum absolute atomic E-state index is 0.0995. The van der Waals surface area contributed by atoms with E-state index in [0.29, 0.717) is 41.8 Å². The summed E-state index contributed by atoms with van der Waals surface area (Å²) in [4.78, 5) is 13.8. The summed E-state index contributed by atoms with van der Waals surface area (Å²) in [7, 11) is 1.84. The summed E-state index contributed by atoms with van der Waals surface area (Å²) in [6.07, 6.45) is 2.32. The van der Waals surface area contributed by atoms with Gasteiger partial charge >= 0.3 is 6.01 Å². The molecule has 1 aromatic carbocycles. The van der Waals surface area contributed by atoms with Crippen LogP contribution in [0.2, 0.25) is 0 Å². The summed E-state index contributed by atoms with van der Waals surface area (Å²) < 4.78 is 33.4. The number of aryl methyl sites for hydroxylation is 1. The number of fused-ring (bicyclic) bond motifs is 1. The Morgan fingerprint density at radius 2 is 1.94 bits per heavy atom. The summed E-state index contributed by atoms with van der Waals surface area (Å²) in [5, 5.41) is 14.9. The molecular formula is C25H26F2N8O. The van der Waals surface area contributed by atoms with Crippen LogP contribution >= 0.6 is 0 Å². The molecule has 1 saturated carbocycles. The summed E-state index contributed by atoms with van der Waals surface area (Å²) in [6, 6.07) is 4.63. The first-order valence-corrected chi connectivity index (χ1v) is 12.1. The molecular weight excluding hydrogens is 466 g/mol. The number of nitrogens with one attached hydrogen (secondary N) is 2. The smallest absolute Gasteiger partial charge is 0.318 e. The summed E-state index contributed by atoms with van der Waals surface area (Å²) in [6.45, 7) is 8.21. The third kappa shape index (κ3) is 2.85. The largest absolute Gasteiger partial charge is 0.408 e. The van der Waals surface area contributed by atoms with Crippen molar-refractivity contribution in [1.29, 1.82) is 0 Å². The van der Waals surface area contributed by atoms with Crippen LogP contribution in [-0.2, 0) is 5.41 Å². The lowest BCUT2D eigenvalue weighted by atomic mass is 9.69. The van der Waals surface area contributed by atoms with E-state index in [1.807, 2.05) is 11.9 Å². The van der Waals surface area contributed by atoms with E-state index >= 15 is 0 Å². The van der Waals surface area contributed by atoms with Gasteiger partial charge in [0.05, 0.1) is 6.04 Å². The van der Waals surface area contributed by atoms with Crippen LogP contribution in [0.4, 0.5) is 38.1 Å². The normalized spacial score (nSPS) is 26.7. The molecule has 0 amide bonds. The molecule has 36 heavy (non-hydrogen) atoms. The van der Waals surface area contributed by atoms with E-state index < -0.39 is 11.6 Å². The Morgan fingerprint density at radius 3 is 2.67 bits per heavy atom. The second kappa shape index (κ2) is 6.92. The van der Waals surface area contributed by atoms with Crippen LogP contribution in [0.15, 0.2) is 34.3 Å². The highest BCUT2D eigenvalue weighted by Crippen LogP contribution is 2.68. The van der Waals surface area contributed by atoms with E-state index in [4.69, 9.17) is 14.4 Å². The highest BCUT2D eigenvalue weighted by molar-refractivity contribution is 5.76. The maximum atomic E-state index is 14.1. The van der Waals surface area contributed by atoms with Gasteiger partial charge in [-0.3, -0.25) is 0 Å². The Morgan fingerprint density at radius 1 is 1.11 bits per heavy atom. The van der Waals surface area contributed by atoms with E-state index in [-0.39, 0.29) is 16.9 Å². The Labute approximate surface area is 206 Å². The van der Waals surface area contributed by atoms with Crippen molar-refractivity contribution >= 4 is 29.3 Å². The predicted octanol–water partition coefficient (Wildman–Crippen LogP) is 3.77. The molecule has 1 spiro atoms. The number of benzene rings is 1. The summed E-state index contributed by atoms with van der Waals surface area (Å²) >= 11 is 0. The Bertz CT molecular complexity index is 1450. The predicted molar refractivity (Wildman–Crippen MR) is 131 cm³/mol.